The molecule has 0 radical (unpaired) electrons. The maximum absolute atomic E-state index is 14.1. The molecule has 0 aliphatic carbocycles. The lowest BCUT2D eigenvalue weighted by Crippen LogP contribution is -2.24. The molecule has 0 atom stereocenters. The van der Waals surface area contributed by atoms with E-state index in [1.165, 1.54) is 12.3 Å². The van der Waals surface area contributed by atoms with E-state index in [0.29, 0.717) is 17.1 Å². The number of rotatable bonds is 3. The molecule has 110 valence electrons. The summed E-state index contributed by atoms with van der Waals surface area (Å²) >= 11 is 5.69. The number of alkyl halides is 1. The fraction of sp³-hybridized carbons (Fsp3) is 0.312. The number of pyridine rings is 1. The van der Waals surface area contributed by atoms with Crippen LogP contribution in [0.1, 0.15) is 25.0 Å². The fourth-order valence-corrected chi connectivity index (χ4v) is 2.61. The van der Waals surface area contributed by atoms with Crippen molar-refractivity contribution in [3.63, 3.8) is 0 Å². The van der Waals surface area contributed by atoms with Gasteiger partial charge < -0.3 is 9.47 Å². The molecule has 0 spiro atoms. The van der Waals surface area contributed by atoms with Crippen molar-refractivity contribution in [2.45, 2.75) is 31.7 Å². The van der Waals surface area contributed by atoms with Gasteiger partial charge in [0.1, 0.15) is 5.60 Å². The highest BCUT2D eigenvalue weighted by atomic mass is 35.5. The Kier molecular flexibility index (Phi) is 3.49. The van der Waals surface area contributed by atoms with Crippen molar-refractivity contribution in [3.05, 3.63) is 47.4 Å². The van der Waals surface area contributed by atoms with Crippen LogP contribution in [0.5, 0.6) is 17.4 Å². The van der Waals surface area contributed by atoms with Crippen molar-refractivity contribution in [1.82, 2.24) is 4.98 Å². The Morgan fingerprint density at radius 1 is 1.38 bits per heavy atom. The number of aromatic nitrogens is 1. The normalized spacial score (nSPS) is 15.4. The number of benzene rings is 1. The van der Waals surface area contributed by atoms with Gasteiger partial charge in [0.2, 0.25) is 0 Å². The second-order valence-electron chi connectivity index (χ2n) is 5.61. The topological polar surface area (TPSA) is 31.4 Å². The van der Waals surface area contributed by atoms with Crippen molar-refractivity contribution in [2.24, 2.45) is 0 Å². The summed E-state index contributed by atoms with van der Waals surface area (Å²) in [6.07, 6.45) is 2.27. The molecule has 1 aliphatic heterocycles. The second-order valence-corrected chi connectivity index (χ2v) is 5.88. The van der Waals surface area contributed by atoms with Gasteiger partial charge in [-0.05, 0) is 26.0 Å². The first-order valence-electron chi connectivity index (χ1n) is 6.68. The SMILES string of the molecule is CC1(C)Cc2cccc(Oc3nccc(CCl)c3F)c2O1. The molecule has 5 heteroatoms. The predicted molar refractivity (Wildman–Crippen MR) is 78.7 cm³/mol. The van der Waals surface area contributed by atoms with Crippen LogP contribution in [0.25, 0.3) is 0 Å². The molecule has 0 N–H and O–H groups in total. The number of para-hydroxylation sites is 1. The van der Waals surface area contributed by atoms with E-state index in [9.17, 15) is 4.39 Å². The zero-order chi connectivity index (χ0) is 15.0. The van der Waals surface area contributed by atoms with E-state index in [4.69, 9.17) is 21.1 Å². The zero-order valence-corrected chi connectivity index (χ0v) is 12.6. The molecule has 1 aromatic heterocycles. The van der Waals surface area contributed by atoms with Crippen LogP contribution in [0.4, 0.5) is 4.39 Å². The Labute approximate surface area is 127 Å². The Bertz CT molecular complexity index is 688. The monoisotopic (exact) mass is 307 g/mol. The fourth-order valence-electron chi connectivity index (χ4n) is 2.41. The molecule has 0 saturated heterocycles. The molecule has 0 unspecified atom stereocenters. The smallest absolute Gasteiger partial charge is 0.256 e. The first-order valence-corrected chi connectivity index (χ1v) is 7.22. The van der Waals surface area contributed by atoms with Crippen LogP contribution in [0, 0.1) is 5.82 Å². The molecule has 2 aromatic rings. The van der Waals surface area contributed by atoms with E-state index in [1.54, 1.807) is 6.07 Å². The molecule has 0 bridgehead atoms. The van der Waals surface area contributed by atoms with Crippen LogP contribution in [0.15, 0.2) is 30.5 Å². The second kappa shape index (κ2) is 5.19. The van der Waals surface area contributed by atoms with Crippen LogP contribution in [-0.4, -0.2) is 10.6 Å². The van der Waals surface area contributed by atoms with Gasteiger partial charge in [-0.15, -0.1) is 11.6 Å². The molecule has 0 fully saturated rings. The number of fused-ring (bicyclic) bond motifs is 1. The van der Waals surface area contributed by atoms with Gasteiger partial charge in [-0.25, -0.2) is 9.37 Å². The average Bonchev–Trinajstić information content (AvgIpc) is 2.76. The van der Waals surface area contributed by atoms with Crippen molar-refractivity contribution >= 4 is 11.6 Å². The number of hydrogen-bond donors (Lipinski definition) is 0. The van der Waals surface area contributed by atoms with E-state index in [1.807, 2.05) is 26.0 Å². The minimum Gasteiger partial charge on any atom is -0.483 e. The molecule has 3 nitrogen and oxygen atoms in total. The Balaban J connectivity index is 1.96. The highest BCUT2D eigenvalue weighted by Gasteiger charge is 2.32. The predicted octanol–water partition coefficient (Wildman–Crippen LogP) is 4.47. The minimum atomic E-state index is -0.539. The van der Waals surface area contributed by atoms with Gasteiger partial charge >= 0.3 is 0 Å². The summed E-state index contributed by atoms with van der Waals surface area (Å²) < 4.78 is 25.7. The van der Waals surface area contributed by atoms with Gasteiger partial charge in [-0.3, -0.25) is 0 Å². The molecule has 21 heavy (non-hydrogen) atoms. The quantitative estimate of drug-likeness (QED) is 0.784. The summed E-state index contributed by atoms with van der Waals surface area (Å²) in [5.41, 5.74) is 1.12. The third-order valence-corrected chi connectivity index (χ3v) is 3.63. The van der Waals surface area contributed by atoms with Gasteiger partial charge in [0.15, 0.2) is 17.3 Å². The first kappa shape index (κ1) is 14.1. The maximum Gasteiger partial charge on any atom is 0.256 e. The summed E-state index contributed by atoms with van der Waals surface area (Å²) in [6, 6.07) is 7.12. The number of halogens is 2. The van der Waals surface area contributed by atoms with Crippen LogP contribution in [0.2, 0.25) is 0 Å². The Morgan fingerprint density at radius 3 is 2.95 bits per heavy atom. The standard InChI is InChI=1S/C16H15ClFNO2/c1-16(2)8-10-4-3-5-12(14(10)21-16)20-15-13(18)11(9-17)6-7-19-15/h3-7H,8-9H2,1-2H3. The Morgan fingerprint density at radius 2 is 2.19 bits per heavy atom. The van der Waals surface area contributed by atoms with Gasteiger partial charge in [-0.1, -0.05) is 12.1 Å². The van der Waals surface area contributed by atoms with Crippen LogP contribution >= 0.6 is 11.6 Å². The molecule has 3 rings (SSSR count). The van der Waals surface area contributed by atoms with E-state index in [-0.39, 0.29) is 17.4 Å². The third-order valence-electron chi connectivity index (χ3n) is 3.34. The van der Waals surface area contributed by atoms with Gasteiger partial charge in [0, 0.05) is 23.7 Å². The summed E-state index contributed by atoms with van der Waals surface area (Å²) in [7, 11) is 0. The summed E-state index contributed by atoms with van der Waals surface area (Å²) in [4.78, 5) is 3.93. The Hall–Kier alpha value is -1.81. The lowest BCUT2D eigenvalue weighted by molar-refractivity contribution is 0.134. The lowest BCUT2D eigenvalue weighted by Gasteiger charge is -2.18. The summed E-state index contributed by atoms with van der Waals surface area (Å²) in [6.45, 7) is 4.01. The minimum absolute atomic E-state index is 0.0706. The molecule has 0 saturated carbocycles. The third kappa shape index (κ3) is 2.68. The summed E-state index contributed by atoms with van der Waals surface area (Å²) in [5.74, 6) is 0.564. The first-order chi connectivity index (χ1) is 10.00. The highest BCUT2D eigenvalue weighted by molar-refractivity contribution is 6.17. The molecule has 1 aliphatic rings. The van der Waals surface area contributed by atoms with Gasteiger partial charge in [0.25, 0.3) is 5.88 Å². The van der Waals surface area contributed by atoms with Crippen LogP contribution in [-0.2, 0) is 12.3 Å². The van der Waals surface area contributed by atoms with E-state index >= 15 is 0 Å². The maximum atomic E-state index is 14.1. The van der Waals surface area contributed by atoms with Crippen molar-refractivity contribution in [3.8, 4) is 17.4 Å². The van der Waals surface area contributed by atoms with Crippen molar-refractivity contribution < 1.29 is 13.9 Å². The lowest BCUT2D eigenvalue weighted by atomic mass is 10.0. The van der Waals surface area contributed by atoms with E-state index < -0.39 is 5.82 Å². The molecular weight excluding hydrogens is 293 g/mol. The van der Waals surface area contributed by atoms with Crippen molar-refractivity contribution in [2.75, 3.05) is 0 Å². The number of hydrogen-bond acceptors (Lipinski definition) is 3. The van der Waals surface area contributed by atoms with Crippen LogP contribution in [0.3, 0.4) is 0 Å². The molecular formula is C16H15ClFNO2. The van der Waals surface area contributed by atoms with E-state index in [2.05, 4.69) is 4.98 Å². The number of ether oxygens (including phenoxy) is 2. The molecule has 1 aromatic carbocycles. The highest BCUT2D eigenvalue weighted by Crippen LogP contribution is 2.43. The molecule has 0 amide bonds. The summed E-state index contributed by atoms with van der Waals surface area (Å²) in [5, 5.41) is 0. The van der Waals surface area contributed by atoms with Gasteiger partial charge in [-0.2, -0.15) is 0 Å². The van der Waals surface area contributed by atoms with Crippen LogP contribution < -0.4 is 9.47 Å². The molecule has 2 heterocycles. The largest absolute Gasteiger partial charge is 0.483 e. The van der Waals surface area contributed by atoms with E-state index in [0.717, 1.165) is 12.0 Å². The van der Waals surface area contributed by atoms with Crippen molar-refractivity contribution in [1.29, 1.82) is 0 Å². The number of nitrogens with zero attached hydrogens (tertiary/aromatic N) is 1. The zero-order valence-electron chi connectivity index (χ0n) is 11.8. The average molecular weight is 308 g/mol. The van der Waals surface area contributed by atoms with Gasteiger partial charge in [0.05, 0.1) is 5.88 Å².